The predicted octanol–water partition coefficient (Wildman–Crippen LogP) is 6.24. The minimum atomic E-state index is -0.448. The summed E-state index contributed by atoms with van der Waals surface area (Å²) in [6.45, 7) is 4.30. The van der Waals surface area contributed by atoms with Gasteiger partial charge in [0.25, 0.3) is 5.91 Å². The van der Waals surface area contributed by atoms with E-state index in [-0.39, 0.29) is 5.91 Å². The standard InChI is InChI=1S/C24H23ClN2O2/c1-15(2)16-11-13-17(14-12-16)27-23(19-8-6-9-20(25)22(19)29-3)26-21-10-5-4-7-18(21)24(27)28/h4-15,23,26H,1-3H3. The molecule has 4 rings (SSSR count). The van der Waals surface area contributed by atoms with Gasteiger partial charge in [0.2, 0.25) is 0 Å². The molecule has 0 saturated heterocycles. The summed E-state index contributed by atoms with van der Waals surface area (Å²) in [5, 5.41) is 4.01. The smallest absolute Gasteiger partial charge is 0.262 e. The molecule has 29 heavy (non-hydrogen) atoms. The Balaban J connectivity index is 1.87. The molecule has 148 valence electrons. The normalized spacial score (nSPS) is 15.8. The maximum Gasteiger partial charge on any atom is 0.262 e. The number of nitrogens with zero attached hydrogens (tertiary/aromatic N) is 1. The van der Waals surface area contributed by atoms with Gasteiger partial charge in [0.15, 0.2) is 0 Å². The van der Waals surface area contributed by atoms with Crippen LogP contribution >= 0.6 is 11.6 Å². The highest BCUT2D eigenvalue weighted by atomic mass is 35.5. The zero-order valence-corrected chi connectivity index (χ0v) is 17.4. The van der Waals surface area contributed by atoms with E-state index in [9.17, 15) is 4.79 Å². The number of halogens is 1. The molecule has 3 aromatic rings. The number of fused-ring (bicyclic) bond motifs is 1. The maximum atomic E-state index is 13.5. The van der Waals surface area contributed by atoms with Gasteiger partial charge in [0.1, 0.15) is 11.9 Å². The third kappa shape index (κ3) is 3.45. The third-order valence-corrected chi connectivity index (χ3v) is 5.56. The topological polar surface area (TPSA) is 41.6 Å². The van der Waals surface area contributed by atoms with Crippen molar-refractivity contribution < 1.29 is 9.53 Å². The molecule has 5 heteroatoms. The maximum absolute atomic E-state index is 13.5. The van der Waals surface area contributed by atoms with Crippen LogP contribution in [0.2, 0.25) is 5.02 Å². The van der Waals surface area contributed by atoms with Crippen LogP contribution in [0.3, 0.4) is 0 Å². The van der Waals surface area contributed by atoms with Gasteiger partial charge >= 0.3 is 0 Å². The van der Waals surface area contributed by atoms with Crippen LogP contribution in [0.1, 0.15) is 47.4 Å². The Morgan fingerprint density at radius 2 is 1.72 bits per heavy atom. The molecule has 1 atom stereocenters. The molecule has 0 bridgehead atoms. The number of methoxy groups -OCH3 is 1. The molecular weight excluding hydrogens is 384 g/mol. The third-order valence-electron chi connectivity index (χ3n) is 5.26. The van der Waals surface area contributed by atoms with Crippen LogP contribution in [0.15, 0.2) is 66.7 Å². The number of amides is 1. The summed E-state index contributed by atoms with van der Waals surface area (Å²) in [6.07, 6.45) is -0.448. The van der Waals surface area contributed by atoms with Gasteiger partial charge in [0.05, 0.1) is 17.7 Å². The molecule has 1 unspecified atom stereocenters. The van der Waals surface area contributed by atoms with Crippen LogP contribution in [0, 0.1) is 0 Å². The second-order valence-electron chi connectivity index (χ2n) is 7.38. The molecule has 4 nitrogen and oxygen atoms in total. The van der Waals surface area contributed by atoms with E-state index >= 15 is 0 Å². The summed E-state index contributed by atoms with van der Waals surface area (Å²) in [6, 6.07) is 21.2. The van der Waals surface area contributed by atoms with Crippen molar-refractivity contribution in [2.75, 3.05) is 17.3 Å². The van der Waals surface area contributed by atoms with E-state index in [1.165, 1.54) is 5.56 Å². The predicted molar refractivity (Wildman–Crippen MR) is 118 cm³/mol. The summed E-state index contributed by atoms with van der Waals surface area (Å²) < 4.78 is 5.58. The first-order chi connectivity index (χ1) is 14.0. The Labute approximate surface area is 176 Å². The number of hydrogen-bond donors (Lipinski definition) is 1. The van der Waals surface area contributed by atoms with Crippen LogP contribution in [0.5, 0.6) is 5.75 Å². The fourth-order valence-corrected chi connectivity index (χ4v) is 3.97. The highest BCUT2D eigenvalue weighted by Crippen LogP contribution is 2.41. The molecule has 0 aliphatic carbocycles. The fourth-order valence-electron chi connectivity index (χ4n) is 3.71. The first-order valence-electron chi connectivity index (χ1n) is 9.62. The molecule has 0 aromatic heterocycles. The lowest BCUT2D eigenvalue weighted by Gasteiger charge is -2.38. The van der Waals surface area contributed by atoms with Crippen LogP contribution in [-0.2, 0) is 0 Å². The number of carbonyl (C=O) groups is 1. The molecule has 1 N–H and O–H groups in total. The Bertz CT molecular complexity index is 1050. The zero-order valence-electron chi connectivity index (χ0n) is 16.6. The first-order valence-corrected chi connectivity index (χ1v) is 10.0. The number of benzene rings is 3. The monoisotopic (exact) mass is 406 g/mol. The van der Waals surface area contributed by atoms with Gasteiger partial charge in [-0.25, -0.2) is 0 Å². The molecule has 0 saturated carbocycles. The van der Waals surface area contributed by atoms with Crippen molar-refractivity contribution in [2.24, 2.45) is 0 Å². The zero-order chi connectivity index (χ0) is 20.5. The number of para-hydroxylation sites is 2. The second kappa shape index (κ2) is 7.80. The lowest BCUT2D eigenvalue weighted by Crippen LogP contribution is -2.43. The number of carbonyl (C=O) groups excluding carboxylic acids is 1. The highest BCUT2D eigenvalue weighted by molar-refractivity contribution is 6.32. The molecule has 1 amide bonds. The SMILES string of the molecule is COc1c(Cl)cccc1C1Nc2ccccc2C(=O)N1c1ccc(C(C)C)cc1. The largest absolute Gasteiger partial charge is 0.495 e. The van der Waals surface area contributed by atoms with E-state index in [1.54, 1.807) is 18.1 Å². The van der Waals surface area contributed by atoms with Crippen molar-refractivity contribution in [3.63, 3.8) is 0 Å². The van der Waals surface area contributed by atoms with Gasteiger partial charge in [-0.2, -0.15) is 0 Å². The number of rotatable bonds is 4. The average Bonchev–Trinajstić information content (AvgIpc) is 2.73. The lowest BCUT2D eigenvalue weighted by molar-refractivity contribution is 0.0974. The van der Waals surface area contributed by atoms with Crippen molar-refractivity contribution >= 4 is 28.9 Å². The van der Waals surface area contributed by atoms with E-state index in [2.05, 4.69) is 31.3 Å². The quantitative estimate of drug-likeness (QED) is 0.557. The van der Waals surface area contributed by atoms with Gasteiger partial charge in [-0.05, 0) is 41.8 Å². The van der Waals surface area contributed by atoms with E-state index in [4.69, 9.17) is 16.3 Å². The Morgan fingerprint density at radius 3 is 2.41 bits per heavy atom. The molecule has 0 fully saturated rings. The minimum absolute atomic E-state index is 0.0660. The first kappa shape index (κ1) is 19.3. The molecule has 1 aliphatic rings. The number of hydrogen-bond acceptors (Lipinski definition) is 3. The average molecular weight is 407 g/mol. The second-order valence-corrected chi connectivity index (χ2v) is 7.78. The van der Waals surface area contributed by atoms with Gasteiger partial charge < -0.3 is 10.1 Å². The van der Waals surface area contributed by atoms with Crippen molar-refractivity contribution in [1.82, 2.24) is 0 Å². The van der Waals surface area contributed by atoms with Crippen molar-refractivity contribution in [3.05, 3.63) is 88.4 Å². The summed E-state index contributed by atoms with van der Waals surface area (Å²) in [7, 11) is 1.59. The lowest BCUT2D eigenvalue weighted by atomic mass is 10.00. The summed E-state index contributed by atoms with van der Waals surface area (Å²) >= 11 is 6.38. The molecular formula is C24H23ClN2O2. The number of ether oxygens (including phenoxy) is 1. The van der Waals surface area contributed by atoms with Crippen molar-refractivity contribution in [3.8, 4) is 5.75 Å². The van der Waals surface area contributed by atoms with E-state index < -0.39 is 6.17 Å². The van der Waals surface area contributed by atoms with Crippen LogP contribution in [0.4, 0.5) is 11.4 Å². The molecule has 0 spiro atoms. The van der Waals surface area contributed by atoms with Gasteiger partial charge in [-0.1, -0.05) is 61.8 Å². The van der Waals surface area contributed by atoms with E-state index in [1.807, 2.05) is 48.5 Å². The number of anilines is 2. The van der Waals surface area contributed by atoms with Gasteiger partial charge in [-0.3, -0.25) is 9.69 Å². The minimum Gasteiger partial charge on any atom is -0.495 e. The summed E-state index contributed by atoms with van der Waals surface area (Å²) in [5.41, 5.74) is 4.27. The number of nitrogens with one attached hydrogen (secondary N) is 1. The summed E-state index contributed by atoms with van der Waals surface area (Å²) in [4.78, 5) is 15.3. The van der Waals surface area contributed by atoms with Crippen LogP contribution in [-0.4, -0.2) is 13.0 Å². The van der Waals surface area contributed by atoms with Gasteiger partial charge in [-0.15, -0.1) is 0 Å². The van der Waals surface area contributed by atoms with Crippen molar-refractivity contribution in [2.45, 2.75) is 25.9 Å². The van der Waals surface area contributed by atoms with Crippen LogP contribution < -0.4 is 15.0 Å². The van der Waals surface area contributed by atoms with E-state index in [0.29, 0.717) is 22.3 Å². The van der Waals surface area contributed by atoms with Crippen LogP contribution in [0.25, 0.3) is 0 Å². The molecule has 1 aliphatic heterocycles. The Morgan fingerprint density at radius 1 is 1.00 bits per heavy atom. The van der Waals surface area contributed by atoms with Gasteiger partial charge in [0, 0.05) is 16.9 Å². The van der Waals surface area contributed by atoms with E-state index in [0.717, 1.165) is 16.9 Å². The molecule has 3 aromatic carbocycles. The molecule has 0 radical (unpaired) electrons. The Kier molecular flexibility index (Phi) is 5.20. The fraction of sp³-hybridized carbons (Fsp3) is 0.208. The molecule has 1 heterocycles. The van der Waals surface area contributed by atoms with Crippen molar-refractivity contribution in [1.29, 1.82) is 0 Å². The summed E-state index contributed by atoms with van der Waals surface area (Å²) in [5.74, 6) is 0.912. The Hall–Kier alpha value is -2.98. The highest BCUT2D eigenvalue weighted by Gasteiger charge is 2.35.